The Bertz CT molecular complexity index is 417. The normalized spacial score (nSPS) is 13.9. The van der Waals surface area contributed by atoms with E-state index in [1.165, 1.54) is 10.7 Å². The van der Waals surface area contributed by atoms with Gasteiger partial charge in [-0.3, -0.25) is 5.10 Å². The molecule has 0 bridgehead atoms. The first kappa shape index (κ1) is 11.3. The molecule has 2 rings (SSSR count). The van der Waals surface area contributed by atoms with Crippen molar-refractivity contribution in [3.05, 3.63) is 34.5 Å². The van der Waals surface area contributed by atoms with Crippen LogP contribution in [0.2, 0.25) is 0 Å². The quantitative estimate of drug-likeness (QED) is 0.883. The molecular weight excluding hydrogens is 218 g/mol. The molecular formula is C12H17N3S. The summed E-state index contributed by atoms with van der Waals surface area (Å²) in [6, 6.07) is 2.05. The van der Waals surface area contributed by atoms with Crippen molar-refractivity contribution in [1.82, 2.24) is 15.2 Å². The Labute approximate surface area is 99.9 Å². The lowest BCUT2D eigenvalue weighted by atomic mass is 9.81. The van der Waals surface area contributed by atoms with Crippen LogP contribution in [-0.2, 0) is 5.41 Å². The number of H-pyrrole nitrogens is 1. The molecule has 0 saturated carbocycles. The summed E-state index contributed by atoms with van der Waals surface area (Å²) < 4.78 is 0. The molecule has 2 aromatic heterocycles. The molecule has 0 radical (unpaired) electrons. The molecule has 0 saturated heterocycles. The lowest BCUT2D eigenvalue weighted by molar-refractivity contribution is 0.426. The van der Waals surface area contributed by atoms with E-state index in [1.807, 2.05) is 17.8 Å². The standard InChI is InChI=1S/C12H17N3S/c1-9(11-13-6-7-16-11)8-12(2,3)10-4-5-14-15-10/h4-7,9H,8H2,1-3H3,(H,14,15). The molecule has 1 unspecified atom stereocenters. The van der Waals surface area contributed by atoms with Crippen molar-refractivity contribution in [1.29, 1.82) is 0 Å². The summed E-state index contributed by atoms with van der Waals surface area (Å²) in [7, 11) is 0. The summed E-state index contributed by atoms with van der Waals surface area (Å²) in [5, 5.41) is 10.3. The van der Waals surface area contributed by atoms with E-state index in [2.05, 4.69) is 42.0 Å². The molecule has 86 valence electrons. The van der Waals surface area contributed by atoms with Gasteiger partial charge >= 0.3 is 0 Å². The molecule has 0 fully saturated rings. The first-order valence-corrected chi connectivity index (χ1v) is 6.37. The van der Waals surface area contributed by atoms with E-state index in [4.69, 9.17) is 0 Å². The molecule has 1 N–H and O–H groups in total. The van der Waals surface area contributed by atoms with Gasteiger partial charge in [-0.15, -0.1) is 11.3 Å². The van der Waals surface area contributed by atoms with Gasteiger partial charge in [0.15, 0.2) is 0 Å². The smallest absolute Gasteiger partial charge is 0.0953 e. The lowest BCUT2D eigenvalue weighted by Gasteiger charge is -2.25. The first-order chi connectivity index (χ1) is 7.59. The third kappa shape index (κ3) is 2.32. The highest BCUT2D eigenvalue weighted by atomic mass is 32.1. The summed E-state index contributed by atoms with van der Waals surface area (Å²) in [4.78, 5) is 4.37. The van der Waals surface area contributed by atoms with Crippen molar-refractivity contribution in [2.45, 2.75) is 38.5 Å². The van der Waals surface area contributed by atoms with Crippen LogP contribution in [0.15, 0.2) is 23.8 Å². The molecule has 1 atom stereocenters. The number of nitrogens with one attached hydrogen (secondary N) is 1. The van der Waals surface area contributed by atoms with Gasteiger partial charge in [-0.05, 0) is 12.5 Å². The fraction of sp³-hybridized carbons (Fsp3) is 0.500. The van der Waals surface area contributed by atoms with Crippen LogP contribution in [-0.4, -0.2) is 15.2 Å². The van der Waals surface area contributed by atoms with Gasteiger partial charge in [0, 0.05) is 34.8 Å². The van der Waals surface area contributed by atoms with Crippen LogP contribution in [0.5, 0.6) is 0 Å². The molecule has 4 heteroatoms. The number of aromatic amines is 1. The maximum atomic E-state index is 4.37. The number of hydrogen-bond acceptors (Lipinski definition) is 3. The molecule has 0 aliphatic carbocycles. The van der Waals surface area contributed by atoms with Crippen molar-refractivity contribution in [3.8, 4) is 0 Å². The minimum Gasteiger partial charge on any atom is -0.282 e. The van der Waals surface area contributed by atoms with E-state index < -0.39 is 0 Å². The number of nitrogens with zero attached hydrogens (tertiary/aromatic N) is 2. The van der Waals surface area contributed by atoms with Crippen LogP contribution in [0.1, 0.15) is 43.8 Å². The molecule has 0 amide bonds. The highest BCUT2D eigenvalue weighted by Crippen LogP contribution is 2.34. The van der Waals surface area contributed by atoms with Crippen molar-refractivity contribution in [2.24, 2.45) is 0 Å². The second-order valence-electron chi connectivity index (χ2n) is 4.83. The van der Waals surface area contributed by atoms with Crippen LogP contribution in [0, 0.1) is 0 Å². The molecule has 0 aliphatic rings. The Kier molecular flexibility index (Phi) is 3.10. The number of hydrogen-bond donors (Lipinski definition) is 1. The predicted molar refractivity (Wildman–Crippen MR) is 66.8 cm³/mol. The molecule has 0 spiro atoms. The molecule has 3 nitrogen and oxygen atoms in total. The fourth-order valence-electron chi connectivity index (χ4n) is 2.07. The third-order valence-electron chi connectivity index (χ3n) is 2.92. The van der Waals surface area contributed by atoms with E-state index in [-0.39, 0.29) is 5.41 Å². The van der Waals surface area contributed by atoms with Crippen molar-refractivity contribution < 1.29 is 0 Å². The van der Waals surface area contributed by atoms with Crippen molar-refractivity contribution in [2.75, 3.05) is 0 Å². The first-order valence-electron chi connectivity index (χ1n) is 5.49. The van der Waals surface area contributed by atoms with Gasteiger partial charge in [0.25, 0.3) is 0 Å². The zero-order chi connectivity index (χ0) is 11.6. The van der Waals surface area contributed by atoms with Crippen LogP contribution < -0.4 is 0 Å². The molecule has 2 heterocycles. The SMILES string of the molecule is CC(CC(C)(C)c1ccn[nH]1)c1nccs1. The monoisotopic (exact) mass is 235 g/mol. The highest BCUT2D eigenvalue weighted by Gasteiger charge is 2.26. The third-order valence-corrected chi connectivity index (χ3v) is 3.93. The van der Waals surface area contributed by atoms with Gasteiger partial charge in [-0.2, -0.15) is 5.10 Å². The lowest BCUT2D eigenvalue weighted by Crippen LogP contribution is -2.20. The summed E-state index contributed by atoms with van der Waals surface area (Å²) in [5.74, 6) is 0.485. The van der Waals surface area contributed by atoms with Crippen LogP contribution in [0.25, 0.3) is 0 Å². The Morgan fingerprint density at radius 1 is 1.44 bits per heavy atom. The van der Waals surface area contributed by atoms with Gasteiger partial charge < -0.3 is 0 Å². The van der Waals surface area contributed by atoms with Gasteiger partial charge in [-0.1, -0.05) is 20.8 Å². The van der Waals surface area contributed by atoms with Crippen molar-refractivity contribution >= 4 is 11.3 Å². The maximum Gasteiger partial charge on any atom is 0.0953 e. The second-order valence-corrected chi connectivity index (χ2v) is 5.76. The highest BCUT2D eigenvalue weighted by molar-refractivity contribution is 7.09. The van der Waals surface area contributed by atoms with Gasteiger partial charge in [0.1, 0.15) is 0 Å². The topological polar surface area (TPSA) is 41.6 Å². The summed E-state index contributed by atoms with van der Waals surface area (Å²) in [6.45, 7) is 6.71. The van der Waals surface area contributed by atoms with Gasteiger partial charge in [0.2, 0.25) is 0 Å². The molecule has 2 aromatic rings. The van der Waals surface area contributed by atoms with Crippen LogP contribution in [0.3, 0.4) is 0 Å². The minimum absolute atomic E-state index is 0.113. The second kappa shape index (κ2) is 4.37. The zero-order valence-corrected chi connectivity index (χ0v) is 10.7. The summed E-state index contributed by atoms with van der Waals surface area (Å²) in [5.41, 5.74) is 1.30. The van der Waals surface area contributed by atoms with Crippen LogP contribution in [0.4, 0.5) is 0 Å². The van der Waals surface area contributed by atoms with Crippen molar-refractivity contribution in [3.63, 3.8) is 0 Å². The van der Waals surface area contributed by atoms with E-state index in [0.717, 1.165) is 6.42 Å². The number of thiazole rings is 1. The Balaban J connectivity index is 2.09. The summed E-state index contributed by atoms with van der Waals surface area (Å²) >= 11 is 1.73. The van der Waals surface area contributed by atoms with Gasteiger partial charge in [-0.25, -0.2) is 4.98 Å². The average molecular weight is 235 g/mol. The van der Waals surface area contributed by atoms with Gasteiger partial charge in [0.05, 0.1) is 5.01 Å². The van der Waals surface area contributed by atoms with E-state index in [0.29, 0.717) is 5.92 Å². The maximum absolute atomic E-state index is 4.37. The zero-order valence-electron chi connectivity index (χ0n) is 9.90. The van der Waals surface area contributed by atoms with Crippen LogP contribution >= 0.6 is 11.3 Å². The average Bonchev–Trinajstić information content (AvgIpc) is 2.91. The minimum atomic E-state index is 0.113. The summed E-state index contributed by atoms with van der Waals surface area (Å²) in [6.07, 6.45) is 4.76. The molecule has 0 aromatic carbocycles. The van der Waals surface area contributed by atoms with E-state index in [9.17, 15) is 0 Å². The fourth-order valence-corrected chi connectivity index (χ4v) is 2.77. The Hall–Kier alpha value is -1.16. The number of aromatic nitrogens is 3. The Morgan fingerprint density at radius 3 is 2.81 bits per heavy atom. The molecule has 0 aliphatic heterocycles. The van der Waals surface area contributed by atoms with E-state index >= 15 is 0 Å². The predicted octanol–water partition coefficient (Wildman–Crippen LogP) is 3.34. The Morgan fingerprint density at radius 2 is 2.25 bits per heavy atom. The number of rotatable bonds is 4. The van der Waals surface area contributed by atoms with E-state index in [1.54, 1.807) is 11.3 Å². The largest absolute Gasteiger partial charge is 0.282 e. The molecule has 16 heavy (non-hydrogen) atoms.